The van der Waals surface area contributed by atoms with E-state index in [9.17, 15) is 24.5 Å². The van der Waals surface area contributed by atoms with Crippen molar-refractivity contribution in [1.82, 2.24) is 14.7 Å². The van der Waals surface area contributed by atoms with Gasteiger partial charge in [-0.15, -0.1) is 0 Å². The molecule has 0 unspecified atom stereocenters. The Labute approximate surface area is 195 Å². The molecule has 1 saturated heterocycles. The molecule has 12 heteroatoms. The van der Waals surface area contributed by atoms with Gasteiger partial charge in [0.15, 0.2) is 5.75 Å². The molecule has 0 aliphatic carbocycles. The number of benzene rings is 1. The van der Waals surface area contributed by atoms with Crippen LogP contribution in [-0.4, -0.2) is 63.6 Å². The standard InChI is InChI=1S/C22H26N4O8/c1-22(2,3)34-21(29)24-11-9-16(10-12-24)33-17-13-18(27)25(23-19(17)20(28)32-4)14-5-7-15(8-6-14)26(30)31/h5-8,13,16H,9-12H2,1-4H3. The molecule has 0 spiro atoms. The number of non-ortho nitro benzene ring substituents is 1. The second kappa shape index (κ2) is 9.89. The number of ether oxygens (including phenoxy) is 3. The van der Waals surface area contributed by atoms with Crippen molar-refractivity contribution in [2.45, 2.75) is 45.3 Å². The third-order valence-electron chi connectivity index (χ3n) is 4.97. The highest BCUT2D eigenvalue weighted by Gasteiger charge is 2.29. The molecule has 0 saturated carbocycles. The maximum Gasteiger partial charge on any atom is 0.410 e. The summed E-state index contributed by atoms with van der Waals surface area (Å²) >= 11 is 0. The van der Waals surface area contributed by atoms with Gasteiger partial charge < -0.3 is 19.1 Å². The smallest absolute Gasteiger partial charge is 0.410 e. The number of hydrogen-bond donors (Lipinski definition) is 0. The van der Waals surface area contributed by atoms with E-state index in [4.69, 9.17) is 14.2 Å². The van der Waals surface area contributed by atoms with Gasteiger partial charge in [0.25, 0.3) is 11.2 Å². The molecule has 2 heterocycles. The van der Waals surface area contributed by atoms with E-state index in [1.54, 1.807) is 25.7 Å². The predicted molar refractivity (Wildman–Crippen MR) is 119 cm³/mol. The summed E-state index contributed by atoms with van der Waals surface area (Å²) < 4.78 is 17.0. The Morgan fingerprint density at radius 2 is 1.76 bits per heavy atom. The number of piperidine rings is 1. The van der Waals surface area contributed by atoms with Crippen molar-refractivity contribution in [2.24, 2.45) is 0 Å². The molecule has 1 aliphatic rings. The molecule has 182 valence electrons. The summed E-state index contributed by atoms with van der Waals surface area (Å²) in [6, 6.07) is 6.27. The maximum absolute atomic E-state index is 12.7. The number of nitro benzene ring substituents is 1. The van der Waals surface area contributed by atoms with E-state index in [1.807, 2.05) is 0 Å². The Kier molecular flexibility index (Phi) is 7.18. The molecule has 0 radical (unpaired) electrons. The Bertz CT molecular complexity index is 1130. The van der Waals surface area contributed by atoms with Gasteiger partial charge in [0, 0.05) is 38.1 Å². The first-order valence-electron chi connectivity index (χ1n) is 10.6. The Morgan fingerprint density at radius 1 is 1.15 bits per heavy atom. The summed E-state index contributed by atoms with van der Waals surface area (Å²) in [6.45, 7) is 6.16. The van der Waals surface area contributed by atoms with E-state index >= 15 is 0 Å². The molecule has 1 aromatic carbocycles. The molecule has 3 rings (SSSR count). The quantitative estimate of drug-likeness (QED) is 0.363. The van der Waals surface area contributed by atoms with Gasteiger partial charge >= 0.3 is 12.1 Å². The van der Waals surface area contributed by atoms with Crippen LogP contribution in [0.1, 0.15) is 44.1 Å². The molecule has 12 nitrogen and oxygen atoms in total. The molecular weight excluding hydrogens is 448 g/mol. The second-order valence-electron chi connectivity index (χ2n) is 8.66. The minimum atomic E-state index is -0.808. The van der Waals surface area contributed by atoms with Crippen LogP contribution in [0.15, 0.2) is 35.1 Å². The fraction of sp³-hybridized carbons (Fsp3) is 0.455. The van der Waals surface area contributed by atoms with Crippen molar-refractivity contribution in [3.05, 3.63) is 56.5 Å². The maximum atomic E-state index is 12.7. The lowest BCUT2D eigenvalue weighted by molar-refractivity contribution is -0.384. The molecule has 0 atom stereocenters. The average Bonchev–Trinajstić information content (AvgIpc) is 2.78. The highest BCUT2D eigenvalue weighted by Crippen LogP contribution is 2.23. The van der Waals surface area contributed by atoms with Crippen molar-refractivity contribution < 1.29 is 28.7 Å². The van der Waals surface area contributed by atoms with Crippen LogP contribution in [0.25, 0.3) is 5.69 Å². The Morgan fingerprint density at radius 3 is 2.29 bits per heavy atom. The van der Waals surface area contributed by atoms with Crippen molar-refractivity contribution >= 4 is 17.7 Å². The fourth-order valence-electron chi connectivity index (χ4n) is 3.33. The van der Waals surface area contributed by atoms with Crippen molar-refractivity contribution in [1.29, 1.82) is 0 Å². The molecule has 2 aromatic rings. The minimum absolute atomic E-state index is 0.0364. The number of hydrogen-bond acceptors (Lipinski definition) is 9. The zero-order valence-corrected chi connectivity index (χ0v) is 19.3. The Balaban J connectivity index is 1.79. The molecule has 1 fully saturated rings. The summed E-state index contributed by atoms with van der Waals surface area (Å²) in [5, 5.41) is 15.0. The number of methoxy groups -OCH3 is 1. The van der Waals surface area contributed by atoms with Gasteiger partial charge in [-0.1, -0.05) is 0 Å². The van der Waals surface area contributed by atoms with Gasteiger partial charge in [0.05, 0.1) is 23.8 Å². The molecular formula is C22H26N4O8. The third kappa shape index (κ3) is 5.88. The number of likely N-dealkylation sites (tertiary alicyclic amines) is 1. The van der Waals surface area contributed by atoms with Gasteiger partial charge in [0.1, 0.15) is 11.7 Å². The number of carbonyl (C=O) groups is 2. The van der Waals surface area contributed by atoms with E-state index in [2.05, 4.69) is 5.10 Å². The number of aromatic nitrogens is 2. The van der Waals surface area contributed by atoms with Crippen molar-refractivity contribution in [3.63, 3.8) is 0 Å². The number of rotatable bonds is 5. The van der Waals surface area contributed by atoms with Crippen LogP contribution in [-0.2, 0) is 9.47 Å². The molecule has 0 bridgehead atoms. The molecule has 0 N–H and O–H groups in total. The monoisotopic (exact) mass is 474 g/mol. The van der Waals surface area contributed by atoms with Gasteiger partial charge in [-0.3, -0.25) is 14.9 Å². The number of amides is 1. The van der Waals surface area contributed by atoms with Crippen LogP contribution < -0.4 is 10.3 Å². The summed E-state index contributed by atoms with van der Waals surface area (Å²) in [4.78, 5) is 49.2. The van der Waals surface area contributed by atoms with Gasteiger partial charge in [0.2, 0.25) is 5.69 Å². The minimum Gasteiger partial charge on any atom is -0.487 e. The topological polar surface area (TPSA) is 143 Å². The molecule has 1 amide bonds. The average molecular weight is 474 g/mol. The Hall–Kier alpha value is -3.96. The lowest BCUT2D eigenvalue weighted by Gasteiger charge is -2.33. The molecule has 34 heavy (non-hydrogen) atoms. The van der Waals surface area contributed by atoms with Crippen molar-refractivity contribution in [2.75, 3.05) is 20.2 Å². The van der Waals surface area contributed by atoms with Crippen LogP contribution >= 0.6 is 0 Å². The van der Waals surface area contributed by atoms with Crippen LogP contribution in [0.5, 0.6) is 5.75 Å². The molecule has 1 aliphatic heterocycles. The predicted octanol–water partition coefficient (Wildman–Crippen LogP) is 2.71. The van der Waals surface area contributed by atoms with Crippen LogP contribution in [0.3, 0.4) is 0 Å². The van der Waals surface area contributed by atoms with Gasteiger partial charge in [-0.05, 0) is 32.9 Å². The van der Waals surface area contributed by atoms with Gasteiger partial charge in [-0.25, -0.2) is 9.59 Å². The van der Waals surface area contributed by atoms with Crippen LogP contribution in [0, 0.1) is 10.1 Å². The van der Waals surface area contributed by atoms with Crippen LogP contribution in [0.2, 0.25) is 0 Å². The zero-order valence-electron chi connectivity index (χ0n) is 19.3. The summed E-state index contributed by atoms with van der Waals surface area (Å²) in [6.07, 6.45) is 0.156. The first-order valence-corrected chi connectivity index (χ1v) is 10.6. The fourth-order valence-corrected chi connectivity index (χ4v) is 3.33. The van der Waals surface area contributed by atoms with E-state index in [-0.39, 0.29) is 28.9 Å². The number of nitro groups is 1. The second-order valence-corrected chi connectivity index (χ2v) is 8.66. The highest BCUT2D eigenvalue weighted by molar-refractivity contribution is 5.90. The zero-order chi connectivity index (χ0) is 25.0. The first-order chi connectivity index (χ1) is 16.0. The van der Waals surface area contributed by atoms with Crippen molar-refractivity contribution in [3.8, 4) is 11.4 Å². The van der Waals surface area contributed by atoms with Crippen LogP contribution in [0.4, 0.5) is 10.5 Å². The number of esters is 1. The van der Waals surface area contributed by atoms with E-state index in [1.165, 1.54) is 31.4 Å². The first kappa shape index (κ1) is 24.7. The van der Waals surface area contributed by atoms with Gasteiger partial charge in [-0.2, -0.15) is 9.78 Å². The SMILES string of the molecule is COC(=O)c1nn(-c2ccc([N+](=O)[O-])cc2)c(=O)cc1OC1CCN(C(=O)OC(C)(C)C)CC1. The highest BCUT2D eigenvalue weighted by atomic mass is 16.6. The van der Waals surface area contributed by atoms with E-state index in [0.717, 1.165) is 10.7 Å². The largest absolute Gasteiger partial charge is 0.487 e. The normalized spacial score (nSPS) is 14.4. The van der Waals surface area contributed by atoms with E-state index < -0.39 is 28.1 Å². The summed E-state index contributed by atoms with van der Waals surface area (Å²) in [5.41, 5.74) is -1.32. The summed E-state index contributed by atoms with van der Waals surface area (Å²) in [5.74, 6) is -0.845. The lowest BCUT2D eigenvalue weighted by Crippen LogP contribution is -2.44. The summed E-state index contributed by atoms with van der Waals surface area (Å²) in [7, 11) is 1.18. The lowest BCUT2D eigenvalue weighted by atomic mass is 10.1. The third-order valence-corrected chi connectivity index (χ3v) is 4.97. The van der Waals surface area contributed by atoms with E-state index in [0.29, 0.717) is 25.9 Å². The number of carbonyl (C=O) groups excluding carboxylic acids is 2. The number of nitrogens with zero attached hydrogens (tertiary/aromatic N) is 4. The molecule has 1 aromatic heterocycles.